The molecule has 0 unspecified atom stereocenters. The summed E-state index contributed by atoms with van der Waals surface area (Å²) in [4.78, 5) is 12.5. The Morgan fingerprint density at radius 1 is 1.56 bits per heavy atom. The first-order chi connectivity index (χ1) is 7.54. The summed E-state index contributed by atoms with van der Waals surface area (Å²) >= 11 is 5.05. The predicted octanol–water partition coefficient (Wildman–Crippen LogP) is 4.11. The van der Waals surface area contributed by atoms with Gasteiger partial charge in [-0.2, -0.15) is 0 Å². The van der Waals surface area contributed by atoms with E-state index in [2.05, 4.69) is 29.8 Å². The second-order valence-corrected chi connectivity index (χ2v) is 6.07. The topological polar surface area (TPSA) is 26.3 Å². The van der Waals surface area contributed by atoms with Gasteiger partial charge in [-0.1, -0.05) is 13.8 Å². The van der Waals surface area contributed by atoms with Crippen LogP contribution in [0.15, 0.2) is 22.0 Å². The first-order valence-electron chi connectivity index (χ1n) is 5.18. The quantitative estimate of drug-likeness (QED) is 0.618. The van der Waals surface area contributed by atoms with Crippen LogP contribution >= 0.6 is 27.3 Å². The largest absolute Gasteiger partial charge is 0.463 e. The van der Waals surface area contributed by atoms with E-state index in [4.69, 9.17) is 4.74 Å². The highest BCUT2D eigenvalue weighted by Gasteiger charge is 2.11. The average Bonchev–Trinajstić information content (AvgIpc) is 2.61. The van der Waals surface area contributed by atoms with Crippen LogP contribution in [0.4, 0.5) is 0 Å². The van der Waals surface area contributed by atoms with E-state index in [1.54, 1.807) is 17.4 Å². The van der Waals surface area contributed by atoms with Crippen molar-refractivity contribution in [1.29, 1.82) is 0 Å². The third kappa shape index (κ3) is 3.76. The molecule has 16 heavy (non-hydrogen) atoms. The fourth-order valence-electron chi connectivity index (χ4n) is 1.30. The highest BCUT2D eigenvalue weighted by molar-refractivity contribution is 9.11. The zero-order valence-electron chi connectivity index (χ0n) is 9.62. The lowest BCUT2D eigenvalue weighted by Gasteiger charge is -2.08. The average molecular weight is 303 g/mol. The van der Waals surface area contributed by atoms with Crippen molar-refractivity contribution in [2.75, 3.05) is 6.61 Å². The van der Waals surface area contributed by atoms with Crippen molar-refractivity contribution in [2.45, 2.75) is 20.8 Å². The number of halogens is 1. The van der Waals surface area contributed by atoms with Gasteiger partial charge in [0.15, 0.2) is 0 Å². The molecular weight excluding hydrogens is 288 g/mol. The number of hydrogen-bond acceptors (Lipinski definition) is 3. The molecule has 0 aliphatic rings. The fraction of sp³-hybridized carbons (Fsp3) is 0.417. The van der Waals surface area contributed by atoms with Gasteiger partial charge in [-0.15, -0.1) is 11.3 Å². The predicted molar refractivity (Wildman–Crippen MR) is 71.5 cm³/mol. The molecule has 1 rings (SSSR count). The Balaban J connectivity index is 2.95. The van der Waals surface area contributed by atoms with E-state index >= 15 is 0 Å². The molecule has 0 saturated heterocycles. The van der Waals surface area contributed by atoms with E-state index in [9.17, 15) is 4.79 Å². The number of carbonyl (C=O) groups is 1. The zero-order valence-corrected chi connectivity index (χ0v) is 12.0. The number of hydrogen-bond donors (Lipinski definition) is 0. The Morgan fingerprint density at radius 3 is 2.69 bits per heavy atom. The van der Waals surface area contributed by atoms with Crippen LogP contribution in [0.2, 0.25) is 0 Å². The molecule has 0 spiro atoms. The second-order valence-electron chi connectivity index (χ2n) is 3.61. The van der Waals surface area contributed by atoms with E-state index in [-0.39, 0.29) is 5.97 Å². The minimum atomic E-state index is -0.268. The molecule has 1 aromatic heterocycles. The third-order valence-corrected chi connectivity index (χ3v) is 3.71. The summed E-state index contributed by atoms with van der Waals surface area (Å²) in [5, 5.41) is 0. The van der Waals surface area contributed by atoms with Crippen LogP contribution < -0.4 is 0 Å². The van der Waals surface area contributed by atoms with Gasteiger partial charge in [0.25, 0.3) is 0 Å². The van der Waals surface area contributed by atoms with Crippen molar-refractivity contribution in [3.8, 4) is 0 Å². The summed E-state index contributed by atoms with van der Waals surface area (Å²) in [6.07, 6.45) is 1.59. The summed E-state index contributed by atoms with van der Waals surface area (Å²) in [7, 11) is 0. The number of carbonyl (C=O) groups excluding carboxylic acids is 1. The van der Waals surface area contributed by atoms with Crippen LogP contribution in [-0.2, 0) is 9.53 Å². The molecule has 0 radical (unpaired) electrons. The van der Waals surface area contributed by atoms with E-state index in [0.29, 0.717) is 12.5 Å². The lowest BCUT2D eigenvalue weighted by molar-refractivity contribution is -0.137. The van der Waals surface area contributed by atoms with Gasteiger partial charge < -0.3 is 4.74 Å². The van der Waals surface area contributed by atoms with Gasteiger partial charge in [0.2, 0.25) is 0 Å². The summed E-state index contributed by atoms with van der Waals surface area (Å²) < 4.78 is 6.00. The van der Waals surface area contributed by atoms with Crippen LogP contribution in [0, 0.1) is 5.92 Å². The molecule has 0 aliphatic carbocycles. The van der Waals surface area contributed by atoms with E-state index in [0.717, 1.165) is 14.2 Å². The van der Waals surface area contributed by atoms with Gasteiger partial charge in [-0.25, -0.2) is 4.79 Å². The van der Waals surface area contributed by atoms with Crippen LogP contribution in [-0.4, -0.2) is 12.6 Å². The molecule has 88 valence electrons. The van der Waals surface area contributed by atoms with Crippen LogP contribution in [0.25, 0.3) is 5.57 Å². The van der Waals surface area contributed by atoms with Crippen molar-refractivity contribution in [1.82, 2.24) is 0 Å². The Labute approximate surface area is 108 Å². The Kier molecular flexibility index (Phi) is 5.22. The van der Waals surface area contributed by atoms with Crippen molar-refractivity contribution in [2.24, 2.45) is 5.92 Å². The standard InChI is InChI=1S/C12H15BrO2S/c1-4-15-12(14)7-9(8(2)3)10-5-6-11(13)16-10/h5-8H,4H2,1-3H3. The SMILES string of the molecule is CCOC(=O)C=C(c1ccc(Br)s1)C(C)C. The molecule has 0 amide bonds. The molecule has 1 aromatic rings. The summed E-state index contributed by atoms with van der Waals surface area (Å²) in [5.41, 5.74) is 1.02. The molecule has 0 aliphatic heterocycles. The monoisotopic (exact) mass is 302 g/mol. The van der Waals surface area contributed by atoms with Gasteiger partial charge in [0.05, 0.1) is 10.4 Å². The van der Waals surface area contributed by atoms with Crippen molar-refractivity contribution in [3.05, 3.63) is 26.9 Å². The number of ether oxygens (including phenoxy) is 1. The minimum Gasteiger partial charge on any atom is -0.463 e. The maximum atomic E-state index is 11.4. The molecular formula is C12H15BrO2S. The summed E-state index contributed by atoms with van der Waals surface area (Å²) in [5.74, 6) is 0.0330. The number of thiophene rings is 1. The zero-order chi connectivity index (χ0) is 12.1. The Morgan fingerprint density at radius 2 is 2.25 bits per heavy atom. The highest BCUT2D eigenvalue weighted by atomic mass is 79.9. The van der Waals surface area contributed by atoms with Crippen LogP contribution in [0.5, 0.6) is 0 Å². The molecule has 0 bridgehead atoms. The van der Waals surface area contributed by atoms with Crippen molar-refractivity contribution >= 4 is 38.8 Å². The lowest BCUT2D eigenvalue weighted by atomic mass is 10.0. The third-order valence-electron chi connectivity index (χ3n) is 2.04. The first kappa shape index (κ1) is 13.5. The van der Waals surface area contributed by atoms with Crippen molar-refractivity contribution < 1.29 is 9.53 Å². The van der Waals surface area contributed by atoms with Crippen molar-refractivity contribution in [3.63, 3.8) is 0 Å². The van der Waals surface area contributed by atoms with E-state index in [1.165, 1.54) is 0 Å². The molecule has 0 aromatic carbocycles. The Hall–Kier alpha value is -0.610. The smallest absolute Gasteiger partial charge is 0.331 e. The molecule has 2 nitrogen and oxygen atoms in total. The number of allylic oxidation sites excluding steroid dienone is 1. The summed E-state index contributed by atoms with van der Waals surface area (Å²) in [6.45, 7) is 6.36. The van der Waals surface area contributed by atoms with Crippen LogP contribution in [0.3, 0.4) is 0 Å². The molecule has 0 atom stereocenters. The van der Waals surface area contributed by atoms with E-state index in [1.807, 2.05) is 19.1 Å². The van der Waals surface area contributed by atoms with Gasteiger partial charge in [-0.05, 0) is 46.5 Å². The first-order valence-corrected chi connectivity index (χ1v) is 6.79. The lowest BCUT2D eigenvalue weighted by Crippen LogP contribution is -2.03. The summed E-state index contributed by atoms with van der Waals surface area (Å²) in [6, 6.07) is 4.00. The molecule has 0 fully saturated rings. The minimum absolute atomic E-state index is 0.268. The molecule has 1 heterocycles. The molecule has 4 heteroatoms. The maximum absolute atomic E-state index is 11.4. The van der Waals surface area contributed by atoms with Crippen LogP contribution in [0.1, 0.15) is 25.6 Å². The van der Waals surface area contributed by atoms with Gasteiger partial charge >= 0.3 is 5.97 Å². The molecule has 0 N–H and O–H groups in total. The Bertz CT molecular complexity index is 393. The maximum Gasteiger partial charge on any atom is 0.331 e. The van der Waals surface area contributed by atoms with E-state index < -0.39 is 0 Å². The molecule has 0 saturated carbocycles. The van der Waals surface area contributed by atoms with Gasteiger partial charge in [-0.3, -0.25) is 0 Å². The number of esters is 1. The highest BCUT2D eigenvalue weighted by Crippen LogP contribution is 2.32. The number of rotatable bonds is 4. The normalized spacial score (nSPS) is 11.9. The van der Waals surface area contributed by atoms with Gasteiger partial charge in [0, 0.05) is 11.0 Å². The van der Waals surface area contributed by atoms with Gasteiger partial charge in [0.1, 0.15) is 0 Å². The fourth-order valence-corrected chi connectivity index (χ4v) is 2.85. The second kappa shape index (κ2) is 6.21.